The molecule has 1 nitrogen and oxygen atoms in total. The number of hydrogen-bond donors (Lipinski definition) is 0. The molecule has 2 rings (SSSR count). The van der Waals surface area contributed by atoms with Crippen LogP contribution in [-0.2, 0) is 6.42 Å². The molecule has 0 amide bonds. The van der Waals surface area contributed by atoms with E-state index in [-0.39, 0.29) is 4.83 Å². The minimum Gasteiger partial charge on any atom is -0.469 e. The molecule has 0 radical (unpaired) electrons. The lowest BCUT2D eigenvalue weighted by molar-refractivity contribution is 0.512. The molecular formula is C16H19BrO. The lowest BCUT2D eigenvalue weighted by Crippen LogP contribution is -2.01. The van der Waals surface area contributed by atoms with Gasteiger partial charge in [-0.15, -0.1) is 0 Å². The highest BCUT2D eigenvalue weighted by Gasteiger charge is 2.19. The first kappa shape index (κ1) is 13.4. The topological polar surface area (TPSA) is 13.1 Å². The summed E-state index contributed by atoms with van der Waals surface area (Å²) in [6.45, 7) is 8.61. The summed E-state index contributed by atoms with van der Waals surface area (Å²) in [5.74, 6) is 1.07. The second-order valence-corrected chi connectivity index (χ2v) is 5.74. The molecule has 0 aliphatic carbocycles. The molecule has 1 atom stereocenters. The van der Waals surface area contributed by atoms with Crippen LogP contribution in [0.15, 0.2) is 28.9 Å². The Labute approximate surface area is 117 Å². The normalized spacial score (nSPS) is 12.7. The highest BCUT2D eigenvalue weighted by atomic mass is 79.9. The van der Waals surface area contributed by atoms with Gasteiger partial charge in [0.2, 0.25) is 0 Å². The third-order valence-corrected chi connectivity index (χ3v) is 4.32. The Bertz CT molecular complexity index is 531. The van der Waals surface area contributed by atoms with Gasteiger partial charge >= 0.3 is 0 Å². The fraction of sp³-hybridized carbons (Fsp3) is 0.375. The largest absolute Gasteiger partial charge is 0.469 e. The van der Waals surface area contributed by atoms with E-state index in [1.807, 2.05) is 0 Å². The van der Waals surface area contributed by atoms with Crippen molar-refractivity contribution in [1.29, 1.82) is 0 Å². The van der Waals surface area contributed by atoms with E-state index in [0.29, 0.717) is 0 Å². The van der Waals surface area contributed by atoms with Crippen molar-refractivity contribution < 1.29 is 4.42 Å². The third kappa shape index (κ3) is 2.39. The molecule has 1 aromatic carbocycles. The second-order valence-electron chi connectivity index (χ2n) is 4.83. The molecule has 0 aliphatic heterocycles. The summed E-state index contributed by atoms with van der Waals surface area (Å²) in [5.41, 5.74) is 6.58. The van der Waals surface area contributed by atoms with E-state index in [9.17, 15) is 0 Å². The predicted octanol–water partition coefficient (Wildman–Crippen LogP) is 5.25. The average Bonchev–Trinajstić information content (AvgIpc) is 2.75. The minimum atomic E-state index is 0.215. The molecule has 96 valence electrons. The van der Waals surface area contributed by atoms with Crippen LogP contribution in [0.3, 0.4) is 0 Å². The highest BCUT2D eigenvalue weighted by molar-refractivity contribution is 9.09. The van der Waals surface area contributed by atoms with Gasteiger partial charge in [-0.1, -0.05) is 40.5 Å². The van der Waals surface area contributed by atoms with Crippen LogP contribution in [-0.4, -0.2) is 0 Å². The average molecular weight is 307 g/mol. The summed E-state index contributed by atoms with van der Waals surface area (Å²) in [7, 11) is 0. The molecule has 1 heterocycles. The van der Waals surface area contributed by atoms with Crippen molar-refractivity contribution in [2.45, 2.75) is 38.9 Å². The standard InChI is InChI=1S/C16H19BrO/c1-5-14-13(6-7-18-14)16(17)15-11(3)8-10(2)9-12(15)4/h6-9,16H,5H2,1-4H3. The van der Waals surface area contributed by atoms with Gasteiger partial charge in [-0.2, -0.15) is 0 Å². The Balaban J connectivity index is 2.49. The quantitative estimate of drug-likeness (QED) is 0.706. The second kappa shape index (κ2) is 5.31. The number of halogens is 1. The summed E-state index contributed by atoms with van der Waals surface area (Å²) in [6, 6.07) is 6.54. The third-order valence-electron chi connectivity index (χ3n) is 3.37. The van der Waals surface area contributed by atoms with Gasteiger partial charge in [-0.3, -0.25) is 0 Å². The summed E-state index contributed by atoms with van der Waals surface area (Å²) in [4.78, 5) is 0.215. The smallest absolute Gasteiger partial charge is 0.108 e. The molecule has 2 heteroatoms. The Morgan fingerprint density at radius 1 is 1.17 bits per heavy atom. The Kier molecular flexibility index (Phi) is 3.96. The van der Waals surface area contributed by atoms with Crippen molar-refractivity contribution in [3.8, 4) is 0 Å². The first-order valence-electron chi connectivity index (χ1n) is 6.32. The summed E-state index contributed by atoms with van der Waals surface area (Å²) >= 11 is 3.83. The summed E-state index contributed by atoms with van der Waals surface area (Å²) in [5, 5.41) is 0. The van der Waals surface area contributed by atoms with E-state index in [0.717, 1.165) is 12.2 Å². The van der Waals surface area contributed by atoms with Crippen LogP contribution in [0.2, 0.25) is 0 Å². The molecule has 0 spiro atoms. The summed E-state index contributed by atoms with van der Waals surface area (Å²) in [6.07, 6.45) is 2.70. The first-order valence-corrected chi connectivity index (χ1v) is 7.24. The van der Waals surface area contributed by atoms with Crippen LogP contribution >= 0.6 is 15.9 Å². The van der Waals surface area contributed by atoms with E-state index in [2.05, 4.69) is 61.8 Å². The molecule has 1 aromatic heterocycles. The van der Waals surface area contributed by atoms with Gasteiger partial charge < -0.3 is 4.42 Å². The fourth-order valence-electron chi connectivity index (χ4n) is 2.61. The molecule has 0 aliphatic rings. The van der Waals surface area contributed by atoms with Crippen LogP contribution in [0.5, 0.6) is 0 Å². The van der Waals surface area contributed by atoms with E-state index in [4.69, 9.17) is 4.42 Å². The highest BCUT2D eigenvalue weighted by Crippen LogP contribution is 2.37. The first-order chi connectivity index (χ1) is 8.54. The van der Waals surface area contributed by atoms with Crippen LogP contribution in [0.25, 0.3) is 0 Å². The van der Waals surface area contributed by atoms with Gasteiger partial charge in [0.15, 0.2) is 0 Å². The van der Waals surface area contributed by atoms with E-state index >= 15 is 0 Å². The van der Waals surface area contributed by atoms with Crippen molar-refractivity contribution in [2.24, 2.45) is 0 Å². The lowest BCUT2D eigenvalue weighted by atomic mass is 9.94. The van der Waals surface area contributed by atoms with E-state index in [1.54, 1.807) is 6.26 Å². The van der Waals surface area contributed by atoms with E-state index in [1.165, 1.54) is 27.8 Å². The van der Waals surface area contributed by atoms with Gasteiger partial charge in [0, 0.05) is 12.0 Å². The minimum absolute atomic E-state index is 0.215. The zero-order valence-corrected chi connectivity index (χ0v) is 13.0. The zero-order chi connectivity index (χ0) is 13.3. The van der Waals surface area contributed by atoms with Crippen LogP contribution in [0.4, 0.5) is 0 Å². The summed E-state index contributed by atoms with van der Waals surface area (Å²) < 4.78 is 5.53. The molecule has 1 unspecified atom stereocenters. The molecule has 0 saturated heterocycles. The number of aryl methyl sites for hydroxylation is 4. The lowest BCUT2D eigenvalue weighted by Gasteiger charge is -2.17. The van der Waals surface area contributed by atoms with Gasteiger partial charge in [-0.05, 0) is 43.5 Å². The Morgan fingerprint density at radius 3 is 2.33 bits per heavy atom. The van der Waals surface area contributed by atoms with Crippen molar-refractivity contribution >= 4 is 15.9 Å². The maximum absolute atomic E-state index is 5.53. The van der Waals surface area contributed by atoms with Gasteiger partial charge in [0.25, 0.3) is 0 Å². The molecule has 0 fully saturated rings. The van der Waals surface area contributed by atoms with Crippen molar-refractivity contribution in [2.75, 3.05) is 0 Å². The van der Waals surface area contributed by atoms with Crippen LogP contribution in [0.1, 0.15) is 45.3 Å². The van der Waals surface area contributed by atoms with Crippen LogP contribution < -0.4 is 0 Å². The molecule has 2 aromatic rings. The molecular weight excluding hydrogens is 288 g/mol. The van der Waals surface area contributed by atoms with Crippen molar-refractivity contribution in [3.05, 3.63) is 58.0 Å². The molecule has 0 bridgehead atoms. The number of hydrogen-bond acceptors (Lipinski definition) is 1. The number of alkyl halides is 1. The molecule has 0 N–H and O–H groups in total. The maximum Gasteiger partial charge on any atom is 0.108 e. The van der Waals surface area contributed by atoms with Gasteiger partial charge in [0.1, 0.15) is 5.76 Å². The molecule has 18 heavy (non-hydrogen) atoms. The zero-order valence-electron chi connectivity index (χ0n) is 11.4. The van der Waals surface area contributed by atoms with E-state index < -0.39 is 0 Å². The SMILES string of the molecule is CCc1occc1C(Br)c1c(C)cc(C)cc1C. The Morgan fingerprint density at radius 2 is 1.78 bits per heavy atom. The monoisotopic (exact) mass is 306 g/mol. The van der Waals surface area contributed by atoms with Gasteiger partial charge in [0.05, 0.1) is 11.1 Å². The predicted molar refractivity (Wildman–Crippen MR) is 79.5 cm³/mol. The number of furan rings is 1. The Hall–Kier alpha value is -1.02. The van der Waals surface area contributed by atoms with Crippen LogP contribution in [0, 0.1) is 20.8 Å². The van der Waals surface area contributed by atoms with Crippen molar-refractivity contribution in [3.63, 3.8) is 0 Å². The maximum atomic E-state index is 5.53. The van der Waals surface area contributed by atoms with Crippen molar-refractivity contribution in [1.82, 2.24) is 0 Å². The number of rotatable bonds is 3. The molecule has 0 saturated carbocycles. The fourth-order valence-corrected chi connectivity index (χ4v) is 3.74. The van der Waals surface area contributed by atoms with Gasteiger partial charge in [-0.25, -0.2) is 0 Å². The number of benzene rings is 1.